The number of aliphatic hydroxyl groups is 1. The highest BCUT2D eigenvalue weighted by Gasteiger charge is 2.21. The van der Waals surface area contributed by atoms with Crippen molar-refractivity contribution in [3.63, 3.8) is 0 Å². The molecule has 0 radical (unpaired) electrons. The van der Waals surface area contributed by atoms with Gasteiger partial charge < -0.3 is 14.6 Å². The Balaban J connectivity index is 2.09. The number of benzene rings is 1. The zero-order valence-electron chi connectivity index (χ0n) is 11.9. The van der Waals surface area contributed by atoms with Crippen LogP contribution in [0.5, 0.6) is 11.5 Å². The van der Waals surface area contributed by atoms with Crippen LogP contribution in [0.2, 0.25) is 0 Å². The average Bonchev–Trinajstić information content (AvgIpc) is 2.41. The van der Waals surface area contributed by atoms with Crippen LogP contribution < -0.4 is 9.47 Å². The molecular formula is C16H24O3. The van der Waals surface area contributed by atoms with Crippen LogP contribution >= 0.6 is 0 Å². The lowest BCUT2D eigenvalue weighted by atomic mass is 9.89. The number of ether oxygens (including phenoxy) is 2. The third kappa shape index (κ3) is 3.87. The van der Waals surface area contributed by atoms with Crippen molar-refractivity contribution in [2.24, 2.45) is 5.92 Å². The predicted molar refractivity (Wildman–Crippen MR) is 75.6 cm³/mol. The number of hydrogen-bond donors (Lipinski definition) is 1. The van der Waals surface area contributed by atoms with E-state index >= 15 is 0 Å². The van der Waals surface area contributed by atoms with Crippen LogP contribution in [-0.2, 0) is 6.61 Å². The monoisotopic (exact) mass is 264 g/mol. The van der Waals surface area contributed by atoms with Crippen LogP contribution in [0.1, 0.15) is 45.1 Å². The largest absolute Gasteiger partial charge is 0.490 e. The second-order valence-electron chi connectivity index (χ2n) is 5.38. The van der Waals surface area contributed by atoms with E-state index in [1.54, 1.807) is 0 Å². The van der Waals surface area contributed by atoms with Gasteiger partial charge in [0.1, 0.15) is 0 Å². The van der Waals surface area contributed by atoms with E-state index in [0.29, 0.717) is 12.7 Å². The predicted octanol–water partition coefficient (Wildman–Crippen LogP) is 3.54. The SMILES string of the molecule is CCOc1cc(CO)ccc1OC1CCCC(C)C1. The van der Waals surface area contributed by atoms with Crippen LogP contribution in [0.25, 0.3) is 0 Å². The third-order valence-corrected chi connectivity index (χ3v) is 3.67. The molecule has 0 spiro atoms. The Bertz CT molecular complexity index is 403. The summed E-state index contributed by atoms with van der Waals surface area (Å²) in [4.78, 5) is 0. The summed E-state index contributed by atoms with van der Waals surface area (Å²) in [5.74, 6) is 2.29. The van der Waals surface area contributed by atoms with Crippen molar-refractivity contribution < 1.29 is 14.6 Å². The molecule has 1 aliphatic carbocycles. The Morgan fingerprint density at radius 1 is 1.26 bits per heavy atom. The maximum absolute atomic E-state index is 9.18. The van der Waals surface area contributed by atoms with Crippen molar-refractivity contribution in [1.82, 2.24) is 0 Å². The summed E-state index contributed by atoms with van der Waals surface area (Å²) in [6.07, 6.45) is 5.08. The molecule has 1 aromatic rings. The van der Waals surface area contributed by atoms with Crippen LogP contribution in [-0.4, -0.2) is 17.8 Å². The Morgan fingerprint density at radius 3 is 2.79 bits per heavy atom. The molecule has 106 valence electrons. The van der Waals surface area contributed by atoms with E-state index in [2.05, 4.69) is 6.92 Å². The highest BCUT2D eigenvalue weighted by atomic mass is 16.5. The fourth-order valence-electron chi connectivity index (χ4n) is 2.68. The summed E-state index contributed by atoms with van der Waals surface area (Å²) < 4.78 is 11.7. The first-order valence-electron chi connectivity index (χ1n) is 7.26. The van der Waals surface area contributed by atoms with Crippen molar-refractivity contribution in [2.45, 2.75) is 52.2 Å². The first-order chi connectivity index (χ1) is 9.22. The standard InChI is InChI=1S/C16H24O3/c1-3-18-16-10-13(11-17)7-8-15(16)19-14-6-4-5-12(2)9-14/h7-8,10,12,14,17H,3-6,9,11H2,1-2H3. The van der Waals surface area contributed by atoms with E-state index in [9.17, 15) is 5.11 Å². The molecule has 2 atom stereocenters. The second-order valence-corrected chi connectivity index (χ2v) is 5.38. The Hall–Kier alpha value is -1.22. The van der Waals surface area contributed by atoms with E-state index in [0.717, 1.165) is 35.8 Å². The molecule has 19 heavy (non-hydrogen) atoms. The van der Waals surface area contributed by atoms with E-state index in [4.69, 9.17) is 9.47 Å². The topological polar surface area (TPSA) is 38.7 Å². The van der Waals surface area contributed by atoms with E-state index in [1.165, 1.54) is 12.8 Å². The highest BCUT2D eigenvalue weighted by Crippen LogP contribution is 2.33. The highest BCUT2D eigenvalue weighted by molar-refractivity contribution is 5.43. The van der Waals surface area contributed by atoms with Gasteiger partial charge in [-0.1, -0.05) is 19.4 Å². The maximum atomic E-state index is 9.18. The maximum Gasteiger partial charge on any atom is 0.161 e. The van der Waals surface area contributed by atoms with E-state index in [-0.39, 0.29) is 6.61 Å². The zero-order chi connectivity index (χ0) is 13.7. The Kier molecular flexibility index (Phi) is 5.08. The lowest BCUT2D eigenvalue weighted by molar-refractivity contribution is 0.124. The van der Waals surface area contributed by atoms with E-state index in [1.807, 2.05) is 25.1 Å². The van der Waals surface area contributed by atoms with Gasteiger partial charge in [-0.2, -0.15) is 0 Å². The molecule has 1 aromatic carbocycles. The third-order valence-electron chi connectivity index (χ3n) is 3.67. The fourth-order valence-corrected chi connectivity index (χ4v) is 2.68. The van der Waals surface area contributed by atoms with Gasteiger partial charge >= 0.3 is 0 Å². The minimum atomic E-state index is 0.0286. The summed E-state index contributed by atoms with van der Waals surface area (Å²) in [6, 6.07) is 5.67. The van der Waals surface area contributed by atoms with Gasteiger partial charge in [0.15, 0.2) is 11.5 Å². The molecule has 1 fully saturated rings. The number of hydrogen-bond acceptors (Lipinski definition) is 3. The Labute approximate surface area is 115 Å². The van der Waals surface area contributed by atoms with Crippen molar-refractivity contribution in [3.8, 4) is 11.5 Å². The minimum Gasteiger partial charge on any atom is -0.490 e. The van der Waals surface area contributed by atoms with Gasteiger partial charge in [-0.15, -0.1) is 0 Å². The van der Waals surface area contributed by atoms with Gasteiger partial charge in [0.2, 0.25) is 0 Å². The second kappa shape index (κ2) is 6.80. The number of rotatable bonds is 5. The normalized spacial score (nSPS) is 23.1. The molecule has 1 N–H and O–H groups in total. The molecule has 0 amide bonds. The molecule has 1 saturated carbocycles. The summed E-state index contributed by atoms with van der Waals surface area (Å²) >= 11 is 0. The number of aliphatic hydroxyl groups excluding tert-OH is 1. The van der Waals surface area contributed by atoms with Crippen LogP contribution in [0.15, 0.2) is 18.2 Å². The molecule has 1 aliphatic rings. The molecule has 2 rings (SSSR count). The molecule has 3 heteroatoms. The van der Waals surface area contributed by atoms with Gasteiger partial charge in [0, 0.05) is 0 Å². The van der Waals surface area contributed by atoms with Crippen LogP contribution in [0.3, 0.4) is 0 Å². The average molecular weight is 264 g/mol. The summed E-state index contributed by atoms with van der Waals surface area (Å²) in [5, 5.41) is 9.18. The fraction of sp³-hybridized carbons (Fsp3) is 0.625. The quantitative estimate of drug-likeness (QED) is 0.884. The van der Waals surface area contributed by atoms with Crippen LogP contribution in [0, 0.1) is 5.92 Å². The summed E-state index contributed by atoms with van der Waals surface area (Å²) in [7, 11) is 0. The van der Waals surface area contributed by atoms with Crippen molar-refractivity contribution in [1.29, 1.82) is 0 Å². The molecule has 0 bridgehead atoms. The van der Waals surface area contributed by atoms with Crippen LogP contribution in [0.4, 0.5) is 0 Å². The van der Waals surface area contributed by atoms with Gasteiger partial charge in [0.05, 0.1) is 19.3 Å². The van der Waals surface area contributed by atoms with E-state index < -0.39 is 0 Å². The lowest BCUT2D eigenvalue weighted by Gasteiger charge is -2.28. The molecule has 0 saturated heterocycles. The minimum absolute atomic E-state index is 0.0286. The molecule has 0 heterocycles. The molecule has 0 aromatic heterocycles. The zero-order valence-corrected chi connectivity index (χ0v) is 11.9. The van der Waals surface area contributed by atoms with Gasteiger partial charge in [-0.25, -0.2) is 0 Å². The Morgan fingerprint density at radius 2 is 2.11 bits per heavy atom. The van der Waals surface area contributed by atoms with Crippen molar-refractivity contribution in [3.05, 3.63) is 23.8 Å². The van der Waals surface area contributed by atoms with Crippen molar-refractivity contribution in [2.75, 3.05) is 6.61 Å². The summed E-state index contributed by atoms with van der Waals surface area (Å²) in [6.45, 7) is 4.87. The van der Waals surface area contributed by atoms with Gasteiger partial charge in [0.25, 0.3) is 0 Å². The first-order valence-corrected chi connectivity index (χ1v) is 7.26. The molecule has 3 nitrogen and oxygen atoms in total. The molecule has 2 unspecified atom stereocenters. The first kappa shape index (κ1) is 14.2. The lowest BCUT2D eigenvalue weighted by Crippen LogP contribution is -2.24. The van der Waals surface area contributed by atoms with Gasteiger partial charge in [-0.3, -0.25) is 0 Å². The molecular weight excluding hydrogens is 240 g/mol. The summed E-state index contributed by atoms with van der Waals surface area (Å²) in [5.41, 5.74) is 0.854. The smallest absolute Gasteiger partial charge is 0.161 e. The van der Waals surface area contributed by atoms with Gasteiger partial charge in [-0.05, 0) is 49.8 Å². The molecule has 0 aliphatic heterocycles. The van der Waals surface area contributed by atoms with Crippen molar-refractivity contribution >= 4 is 0 Å².